The first-order valence-electron chi connectivity index (χ1n) is 6.93. The number of aromatic nitrogens is 1. The average Bonchev–Trinajstić information content (AvgIpc) is 2.99. The minimum absolute atomic E-state index is 0.333. The van der Waals surface area contributed by atoms with Crippen LogP contribution in [0.3, 0.4) is 0 Å². The van der Waals surface area contributed by atoms with Crippen LogP contribution in [0.25, 0.3) is 10.9 Å². The number of thioether (sulfide) groups is 1. The van der Waals surface area contributed by atoms with Crippen molar-refractivity contribution in [1.29, 1.82) is 0 Å². The van der Waals surface area contributed by atoms with Gasteiger partial charge in [-0.3, -0.25) is 4.79 Å². The van der Waals surface area contributed by atoms with Crippen LogP contribution < -0.4 is 15.2 Å². The maximum atomic E-state index is 11.3. The number of nitrogens with one attached hydrogen (secondary N) is 1. The number of H-pyrrole nitrogens is 1. The fraction of sp³-hybridized carbons (Fsp3) is 0.118. The Kier molecular flexibility index (Phi) is 4.16. The number of aromatic amines is 1. The molecule has 1 amide bonds. The van der Waals surface area contributed by atoms with Gasteiger partial charge in [0.15, 0.2) is 0 Å². The van der Waals surface area contributed by atoms with Crippen molar-refractivity contribution in [3.05, 3.63) is 48.2 Å². The second kappa shape index (κ2) is 6.26. The van der Waals surface area contributed by atoms with Crippen LogP contribution in [0.1, 0.15) is 10.5 Å². The molecule has 3 rings (SSSR count). The van der Waals surface area contributed by atoms with Crippen molar-refractivity contribution >= 4 is 28.6 Å². The molecular weight excluding hydrogens is 312 g/mol. The van der Waals surface area contributed by atoms with Crippen LogP contribution in [-0.2, 0) is 0 Å². The molecule has 0 saturated heterocycles. The van der Waals surface area contributed by atoms with Crippen LogP contribution in [0.4, 0.5) is 0 Å². The Morgan fingerprint density at radius 3 is 2.48 bits per heavy atom. The fourth-order valence-corrected chi connectivity index (χ4v) is 2.73. The van der Waals surface area contributed by atoms with Gasteiger partial charge in [0.25, 0.3) is 5.91 Å². The summed E-state index contributed by atoms with van der Waals surface area (Å²) in [5.41, 5.74) is 6.36. The van der Waals surface area contributed by atoms with E-state index < -0.39 is 5.91 Å². The summed E-state index contributed by atoms with van der Waals surface area (Å²) in [7, 11) is 1.57. The molecule has 1 aromatic heterocycles. The molecule has 5 nitrogen and oxygen atoms in total. The fourth-order valence-electron chi connectivity index (χ4n) is 2.32. The number of carbonyl (C=O) groups is 1. The van der Waals surface area contributed by atoms with Gasteiger partial charge in [0.2, 0.25) is 0 Å². The SMILES string of the molecule is COc1cc(Oc2ccc(SC)cc2)cc2cc(C(N)=O)[nH]c12. The van der Waals surface area contributed by atoms with E-state index in [0.717, 1.165) is 11.1 Å². The molecule has 0 radical (unpaired) electrons. The van der Waals surface area contributed by atoms with E-state index in [1.54, 1.807) is 31.0 Å². The third-order valence-electron chi connectivity index (χ3n) is 3.45. The zero-order chi connectivity index (χ0) is 16.4. The number of primary amides is 1. The molecule has 0 fully saturated rings. The van der Waals surface area contributed by atoms with Crippen LogP contribution in [0.15, 0.2) is 47.4 Å². The Hall–Kier alpha value is -2.60. The Morgan fingerprint density at radius 2 is 1.87 bits per heavy atom. The summed E-state index contributed by atoms with van der Waals surface area (Å²) in [6.07, 6.45) is 2.02. The molecule has 1 heterocycles. The largest absolute Gasteiger partial charge is 0.494 e. The highest BCUT2D eigenvalue weighted by atomic mass is 32.2. The first-order chi connectivity index (χ1) is 11.1. The van der Waals surface area contributed by atoms with E-state index in [4.69, 9.17) is 15.2 Å². The molecule has 0 bridgehead atoms. The van der Waals surface area contributed by atoms with Gasteiger partial charge in [0, 0.05) is 16.3 Å². The van der Waals surface area contributed by atoms with Crippen LogP contribution >= 0.6 is 11.8 Å². The molecule has 0 saturated carbocycles. The summed E-state index contributed by atoms with van der Waals surface area (Å²) in [6, 6.07) is 13.1. The summed E-state index contributed by atoms with van der Waals surface area (Å²) in [6.45, 7) is 0. The lowest BCUT2D eigenvalue weighted by Gasteiger charge is -2.09. The maximum absolute atomic E-state index is 11.3. The van der Waals surface area contributed by atoms with E-state index in [2.05, 4.69) is 4.98 Å². The molecule has 0 spiro atoms. The molecule has 118 valence electrons. The third kappa shape index (κ3) is 3.12. The molecule has 0 aliphatic carbocycles. The molecule has 0 aliphatic rings. The van der Waals surface area contributed by atoms with Crippen molar-refractivity contribution < 1.29 is 14.3 Å². The highest BCUT2D eigenvalue weighted by Gasteiger charge is 2.12. The summed E-state index contributed by atoms with van der Waals surface area (Å²) in [5.74, 6) is 1.43. The number of carbonyl (C=O) groups excluding carboxylic acids is 1. The second-order valence-corrected chi connectivity index (χ2v) is 5.79. The number of hydrogen-bond acceptors (Lipinski definition) is 4. The number of fused-ring (bicyclic) bond motifs is 1. The zero-order valence-corrected chi connectivity index (χ0v) is 13.6. The lowest BCUT2D eigenvalue weighted by Crippen LogP contribution is -2.10. The van der Waals surface area contributed by atoms with Crippen molar-refractivity contribution in [3.63, 3.8) is 0 Å². The number of amides is 1. The Balaban J connectivity index is 1.98. The topological polar surface area (TPSA) is 77.3 Å². The number of methoxy groups -OCH3 is 1. The summed E-state index contributed by atoms with van der Waals surface area (Å²) < 4.78 is 11.2. The predicted octanol–water partition coefficient (Wildman–Crippen LogP) is 3.79. The molecule has 0 atom stereocenters. The predicted molar refractivity (Wildman–Crippen MR) is 91.7 cm³/mol. The third-order valence-corrected chi connectivity index (χ3v) is 4.19. The van der Waals surface area contributed by atoms with Crippen LogP contribution in [0.5, 0.6) is 17.2 Å². The maximum Gasteiger partial charge on any atom is 0.265 e. The van der Waals surface area contributed by atoms with Gasteiger partial charge in [-0.2, -0.15) is 0 Å². The minimum Gasteiger partial charge on any atom is -0.494 e. The van der Waals surface area contributed by atoms with Gasteiger partial charge in [-0.15, -0.1) is 11.8 Å². The molecule has 0 aliphatic heterocycles. The first-order valence-corrected chi connectivity index (χ1v) is 8.15. The number of nitrogens with two attached hydrogens (primary N) is 1. The smallest absolute Gasteiger partial charge is 0.265 e. The molecule has 6 heteroatoms. The van der Waals surface area contributed by atoms with E-state index in [-0.39, 0.29) is 0 Å². The van der Waals surface area contributed by atoms with Crippen LogP contribution in [-0.4, -0.2) is 24.3 Å². The normalized spacial score (nSPS) is 10.7. The molecule has 3 aromatic rings. The van der Waals surface area contributed by atoms with Crippen molar-refractivity contribution in [3.8, 4) is 17.2 Å². The van der Waals surface area contributed by atoms with Gasteiger partial charge in [0.1, 0.15) is 22.9 Å². The van der Waals surface area contributed by atoms with Crippen molar-refractivity contribution in [2.75, 3.05) is 13.4 Å². The zero-order valence-electron chi connectivity index (χ0n) is 12.8. The lowest BCUT2D eigenvalue weighted by atomic mass is 10.2. The van der Waals surface area contributed by atoms with Gasteiger partial charge in [-0.05, 0) is 42.7 Å². The van der Waals surface area contributed by atoms with E-state index in [1.165, 1.54) is 4.90 Å². The Bertz CT molecular complexity index is 856. The van der Waals surface area contributed by atoms with Crippen LogP contribution in [0.2, 0.25) is 0 Å². The number of benzene rings is 2. The van der Waals surface area contributed by atoms with Gasteiger partial charge < -0.3 is 20.2 Å². The van der Waals surface area contributed by atoms with Crippen molar-refractivity contribution in [1.82, 2.24) is 4.98 Å². The van der Waals surface area contributed by atoms with E-state index in [0.29, 0.717) is 22.7 Å². The molecule has 0 unspecified atom stereocenters. The molecule has 23 heavy (non-hydrogen) atoms. The second-order valence-electron chi connectivity index (χ2n) is 4.91. The van der Waals surface area contributed by atoms with Crippen LogP contribution in [0, 0.1) is 0 Å². The molecule has 2 aromatic carbocycles. The first kappa shape index (κ1) is 15.3. The standard InChI is InChI=1S/C17H16N2O3S/c1-21-15-9-12(22-11-3-5-13(23-2)6-4-11)7-10-8-14(17(18)20)19-16(10)15/h3-9,19H,1-2H3,(H2,18,20). The van der Waals surface area contributed by atoms with Gasteiger partial charge >= 0.3 is 0 Å². The average molecular weight is 328 g/mol. The molecular formula is C17H16N2O3S. The van der Waals surface area contributed by atoms with Gasteiger partial charge in [-0.1, -0.05) is 0 Å². The highest BCUT2D eigenvalue weighted by molar-refractivity contribution is 7.98. The minimum atomic E-state index is -0.515. The van der Waals surface area contributed by atoms with Crippen molar-refractivity contribution in [2.45, 2.75) is 4.90 Å². The van der Waals surface area contributed by atoms with E-state index >= 15 is 0 Å². The molecule has 3 N–H and O–H groups in total. The summed E-state index contributed by atoms with van der Waals surface area (Å²) >= 11 is 1.67. The lowest BCUT2D eigenvalue weighted by molar-refractivity contribution is 0.0996. The van der Waals surface area contributed by atoms with Crippen molar-refractivity contribution in [2.24, 2.45) is 5.73 Å². The van der Waals surface area contributed by atoms with Gasteiger partial charge in [0.05, 0.1) is 12.6 Å². The number of rotatable bonds is 5. The quantitative estimate of drug-likeness (QED) is 0.699. The summed E-state index contributed by atoms with van der Waals surface area (Å²) in [4.78, 5) is 15.5. The Morgan fingerprint density at radius 1 is 1.13 bits per heavy atom. The monoisotopic (exact) mass is 328 g/mol. The van der Waals surface area contributed by atoms with E-state index in [9.17, 15) is 4.79 Å². The Labute approximate surface area is 137 Å². The van der Waals surface area contributed by atoms with Gasteiger partial charge in [-0.25, -0.2) is 0 Å². The summed E-state index contributed by atoms with van der Waals surface area (Å²) in [5, 5.41) is 0.800. The van der Waals surface area contributed by atoms with E-state index in [1.807, 2.05) is 36.6 Å². The highest BCUT2D eigenvalue weighted by Crippen LogP contribution is 2.34. The number of hydrogen-bond donors (Lipinski definition) is 2. The number of ether oxygens (including phenoxy) is 2.